The Hall–Kier alpha value is -3.85. The summed E-state index contributed by atoms with van der Waals surface area (Å²) in [6.45, 7) is 14.9. The molecule has 0 aliphatic carbocycles. The lowest BCUT2D eigenvalue weighted by molar-refractivity contribution is -0.139. The maximum atomic E-state index is 13.5. The zero-order valence-corrected chi connectivity index (χ0v) is 25.9. The highest BCUT2D eigenvalue weighted by molar-refractivity contribution is 5.96. The Balaban J connectivity index is 1.63. The number of benzene rings is 2. The van der Waals surface area contributed by atoms with Gasteiger partial charge in [0.25, 0.3) is 5.91 Å². The third-order valence-corrected chi connectivity index (χ3v) is 8.02. The van der Waals surface area contributed by atoms with E-state index in [9.17, 15) is 14.4 Å². The fourth-order valence-corrected chi connectivity index (χ4v) is 5.70. The van der Waals surface area contributed by atoms with Crippen LogP contribution in [0.25, 0.3) is 0 Å². The van der Waals surface area contributed by atoms with E-state index < -0.39 is 12.0 Å². The second-order valence-electron chi connectivity index (χ2n) is 11.9. The average molecular weight is 577 g/mol. The molecule has 0 radical (unpaired) electrons. The molecule has 3 amide bonds. The summed E-state index contributed by atoms with van der Waals surface area (Å²) in [6, 6.07) is 14.3. The van der Waals surface area contributed by atoms with Crippen LogP contribution >= 0.6 is 0 Å². The minimum absolute atomic E-state index is 0.0227. The highest BCUT2D eigenvalue weighted by atomic mass is 16.5. The SMILES string of the molecule is CCOC(=O)C1=C(CN2CCN(C(=O)c3cccc(OC)c3)C(C)C2)N(CC)C(=O)NC1c1ccc(C(C)(C)C)cc1. The molecule has 2 aromatic carbocycles. The standard InChI is InChI=1S/C33H44N4O5/c1-8-36-27(21-35-17-18-37(22(3)20-35)30(38)24-11-10-12-26(19-24)41-7)28(31(39)42-9-2)29(34-32(36)40)23-13-15-25(16-14-23)33(4,5)6/h10-16,19,22,29H,8-9,17-18,20-21H2,1-7H3,(H,34,40). The summed E-state index contributed by atoms with van der Waals surface area (Å²) < 4.78 is 10.8. The van der Waals surface area contributed by atoms with Gasteiger partial charge in [0.1, 0.15) is 5.75 Å². The van der Waals surface area contributed by atoms with Gasteiger partial charge in [0.05, 0.1) is 25.3 Å². The van der Waals surface area contributed by atoms with Crippen LogP contribution in [0.1, 0.15) is 69.1 Å². The van der Waals surface area contributed by atoms with Gasteiger partial charge < -0.3 is 19.7 Å². The van der Waals surface area contributed by atoms with Gasteiger partial charge in [0.2, 0.25) is 0 Å². The minimum atomic E-state index is -0.628. The molecule has 4 rings (SSSR count). The quantitative estimate of drug-likeness (QED) is 0.457. The molecule has 2 aliphatic rings. The third-order valence-electron chi connectivity index (χ3n) is 8.02. The number of likely N-dealkylation sites (N-methyl/N-ethyl adjacent to an activating group) is 1. The second-order valence-corrected chi connectivity index (χ2v) is 11.9. The third kappa shape index (κ3) is 6.62. The summed E-state index contributed by atoms with van der Waals surface area (Å²) in [5, 5.41) is 3.05. The summed E-state index contributed by atoms with van der Waals surface area (Å²) in [6.07, 6.45) is 0. The number of amides is 3. The van der Waals surface area contributed by atoms with E-state index in [2.05, 4.69) is 43.1 Å². The molecule has 2 unspecified atom stereocenters. The second kappa shape index (κ2) is 13.0. The lowest BCUT2D eigenvalue weighted by Gasteiger charge is -2.43. The van der Waals surface area contributed by atoms with Crippen LogP contribution < -0.4 is 10.1 Å². The van der Waals surface area contributed by atoms with Gasteiger partial charge >= 0.3 is 12.0 Å². The Morgan fingerprint density at radius 2 is 1.76 bits per heavy atom. The Morgan fingerprint density at radius 3 is 2.36 bits per heavy atom. The van der Waals surface area contributed by atoms with Gasteiger partial charge in [-0.1, -0.05) is 51.1 Å². The van der Waals surface area contributed by atoms with E-state index >= 15 is 0 Å². The predicted molar refractivity (Wildman–Crippen MR) is 162 cm³/mol. The van der Waals surface area contributed by atoms with Gasteiger partial charge in [-0.05, 0) is 55.5 Å². The zero-order chi connectivity index (χ0) is 30.6. The van der Waals surface area contributed by atoms with Crippen molar-refractivity contribution in [2.75, 3.05) is 46.4 Å². The molecular weight excluding hydrogens is 532 g/mol. The molecule has 0 spiro atoms. The number of hydrogen-bond donors (Lipinski definition) is 1. The number of nitrogens with zero attached hydrogens (tertiary/aromatic N) is 3. The highest BCUT2D eigenvalue weighted by Gasteiger charge is 2.39. The van der Waals surface area contributed by atoms with Crippen molar-refractivity contribution in [2.45, 2.75) is 59.0 Å². The normalized spacial score (nSPS) is 19.9. The molecular formula is C33H44N4O5. The van der Waals surface area contributed by atoms with E-state index in [-0.39, 0.29) is 30.0 Å². The van der Waals surface area contributed by atoms with Crippen molar-refractivity contribution < 1.29 is 23.9 Å². The molecule has 2 heterocycles. The number of nitrogens with one attached hydrogen (secondary N) is 1. The van der Waals surface area contributed by atoms with Crippen molar-refractivity contribution in [2.24, 2.45) is 0 Å². The molecule has 2 aromatic rings. The van der Waals surface area contributed by atoms with Gasteiger partial charge in [-0.25, -0.2) is 9.59 Å². The van der Waals surface area contributed by atoms with Gasteiger partial charge in [-0.3, -0.25) is 14.6 Å². The number of methoxy groups -OCH3 is 1. The smallest absolute Gasteiger partial charge is 0.338 e. The van der Waals surface area contributed by atoms with E-state index in [1.54, 1.807) is 31.1 Å². The predicted octanol–water partition coefficient (Wildman–Crippen LogP) is 4.74. The van der Waals surface area contributed by atoms with Crippen molar-refractivity contribution in [3.63, 3.8) is 0 Å². The molecule has 1 N–H and O–H groups in total. The Morgan fingerprint density at radius 1 is 1.05 bits per heavy atom. The Kier molecular flexibility index (Phi) is 9.61. The minimum Gasteiger partial charge on any atom is -0.497 e. The molecule has 0 bridgehead atoms. The molecule has 226 valence electrons. The van der Waals surface area contributed by atoms with Crippen LogP contribution in [-0.4, -0.2) is 85.1 Å². The Labute approximate surface area is 249 Å². The number of urea groups is 1. The summed E-state index contributed by atoms with van der Waals surface area (Å²) in [4.78, 5) is 45.9. The van der Waals surface area contributed by atoms with E-state index in [1.165, 1.54) is 5.56 Å². The van der Waals surface area contributed by atoms with Crippen LogP contribution in [0.2, 0.25) is 0 Å². The first-order valence-electron chi connectivity index (χ1n) is 14.7. The van der Waals surface area contributed by atoms with Gasteiger partial charge in [0, 0.05) is 50.0 Å². The van der Waals surface area contributed by atoms with Crippen molar-refractivity contribution in [3.8, 4) is 5.75 Å². The molecule has 0 saturated carbocycles. The summed E-state index contributed by atoms with van der Waals surface area (Å²) in [5.41, 5.74) is 3.65. The molecule has 9 nitrogen and oxygen atoms in total. The van der Waals surface area contributed by atoms with Gasteiger partial charge in [0.15, 0.2) is 0 Å². The first kappa shape index (κ1) is 31.1. The Bertz CT molecular complexity index is 1330. The molecule has 1 saturated heterocycles. The average Bonchev–Trinajstić information content (AvgIpc) is 2.96. The number of piperazine rings is 1. The first-order valence-corrected chi connectivity index (χ1v) is 14.7. The van der Waals surface area contributed by atoms with E-state index in [4.69, 9.17) is 9.47 Å². The van der Waals surface area contributed by atoms with Crippen molar-refractivity contribution >= 4 is 17.9 Å². The summed E-state index contributed by atoms with van der Waals surface area (Å²) >= 11 is 0. The highest BCUT2D eigenvalue weighted by Crippen LogP contribution is 2.34. The summed E-state index contributed by atoms with van der Waals surface area (Å²) in [7, 11) is 1.58. The number of hydrogen-bond acceptors (Lipinski definition) is 6. The zero-order valence-electron chi connectivity index (χ0n) is 25.9. The van der Waals surface area contributed by atoms with Gasteiger partial charge in [-0.15, -0.1) is 0 Å². The summed E-state index contributed by atoms with van der Waals surface area (Å²) in [5.74, 6) is 0.164. The molecule has 1 fully saturated rings. The van der Waals surface area contributed by atoms with Crippen molar-refractivity contribution in [3.05, 3.63) is 76.5 Å². The lowest BCUT2D eigenvalue weighted by Crippen LogP contribution is -2.56. The van der Waals surface area contributed by atoms with E-state index in [0.29, 0.717) is 55.3 Å². The fourth-order valence-electron chi connectivity index (χ4n) is 5.70. The lowest BCUT2D eigenvalue weighted by atomic mass is 9.85. The van der Waals surface area contributed by atoms with Crippen LogP contribution in [0.5, 0.6) is 5.75 Å². The number of rotatable bonds is 8. The van der Waals surface area contributed by atoms with Gasteiger partial charge in [-0.2, -0.15) is 0 Å². The van der Waals surface area contributed by atoms with Crippen LogP contribution in [0.15, 0.2) is 59.8 Å². The van der Waals surface area contributed by atoms with Crippen molar-refractivity contribution in [1.82, 2.24) is 20.0 Å². The maximum Gasteiger partial charge on any atom is 0.338 e. The maximum absolute atomic E-state index is 13.5. The monoisotopic (exact) mass is 576 g/mol. The van der Waals surface area contributed by atoms with Crippen LogP contribution in [0, 0.1) is 0 Å². The molecule has 2 atom stereocenters. The van der Waals surface area contributed by atoms with Crippen molar-refractivity contribution in [1.29, 1.82) is 0 Å². The largest absolute Gasteiger partial charge is 0.497 e. The number of carbonyl (C=O) groups excluding carboxylic acids is 3. The fraction of sp³-hybridized carbons (Fsp3) is 0.485. The number of carbonyl (C=O) groups is 3. The molecule has 2 aliphatic heterocycles. The first-order chi connectivity index (χ1) is 20.0. The van der Waals surface area contributed by atoms with Crippen LogP contribution in [-0.2, 0) is 14.9 Å². The topological polar surface area (TPSA) is 91.4 Å². The number of esters is 1. The number of ether oxygens (including phenoxy) is 2. The molecule has 9 heteroatoms. The van der Waals surface area contributed by atoms with Crippen LogP contribution in [0.3, 0.4) is 0 Å². The molecule has 0 aromatic heterocycles. The van der Waals surface area contributed by atoms with E-state index in [1.807, 2.05) is 43.0 Å². The van der Waals surface area contributed by atoms with Crippen LogP contribution in [0.4, 0.5) is 4.79 Å². The molecule has 42 heavy (non-hydrogen) atoms. The van der Waals surface area contributed by atoms with E-state index in [0.717, 1.165) is 5.56 Å².